The molecule has 3 aromatic rings. The lowest BCUT2D eigenvalue weighted by Crippen LogP contribution is -2.15. The van der Waals surface area contributed by atoms with Crippen LogP contribution >= 0.6 is 0 Å². The summed E-state index contributed by atoms with van der Waals surface area (Å²) in [5.41, 5.74) is 1.57. The fourth-order valence-electron chi connectivity index (χ4n) is 2.45. The molecular formula is C20H17FN2O3S. The van der Waals surface area contributed by atoms with E-state index in [-0.39, 0.29) is 10.5 Å². The maximum absolute atomic E-state index is 13.7. The van der Waals surface area contributed by atoms with Gasteiger partial charge < -0.3 is 5.32 Å². The highest BCUT2D eigenvalue weighted by Crippen LogP contribution is 2.21. The number of hydrogen-bond donors (Lipinski definition) is 2. The third kappa shape index (κ3) is 4.32. The van der Waals surface area contributed by atoms with E-state index < -0.39 is 21.7 Å². The van der Waals surface area contributed by atoms with Crippen molar-refractivity contribution in [2.45, 2.75) is 11.8 Å². The highest BCUT2D eigenvalue weighted by molar-refractivity contribution is 7.92. The third-order valence-electron chi connectivity index (χ3n) is 3.93. The van der Waals surface area contributed by atoms with Crippen LogP contribution in [0, 0.1) is 12.7 Å². The molecule has 5 nitrogen and oxygen atoms in total. The van der Waals surface area contributed by atoms with Crippen LogP contribution in [0.25, 0.3) is 0 Å². The molecule has 0 fully saturated rings. The summed E-state index contributed by atoms with van der Waals surface area (Å²) in [5, 5.41) is 2.54. The lowest BCUT2D eigenvalue weighted by molar-refractivity contribution is 0.102. The second-order valence-corrected chi connectivity index (χ2v) is 7.56. The summed E-state index contributed by atoms with van der Waals surface area (Å²) in [6.45, 7) is 1.80. The summed E-state index contributed by atoms with van der Waals surface area (Å²) in [6.07, 6.45) is 0. The quantitative estimate of drug-likeness (QED) is 0.693. The predicted molar refractivity (Wildman–Crippen MR) is 103 cm³/mol. The van der Waals surface area contributed by atoms with Gasteiger partial charge in [-0.2, -0.15) is 0 Å². The largest absolute Gasteiger partial charge is 0.322 e. The summed E-state index contributed by atoms with van der Waals surface area (Å²) in [6, 6.07) is 18.3. The summed E-state index contributed by atoms with van der Waals surface area (Å²) >= 11 is 0. The van der Waals surface area contributed by atoms with Gasteiger partial charge in [0.05, 0.1) is 16.1 Å². The number of nitrogens with one attached hydrogen (secondary N) is 2. The number of benzene rings is 3. The van der Waals surface area contributed by atoms with E-state index in [9.17, 15) is 17.6 Å². The summed E-state index contributed by atoms with van der Waals surface area (Å²) < 4.78 is 41.2. The zero-order chi connectivity index (χ0) is 19.4. The Balaban J connectivity index is 1.76. The van der Waals surface area contributed by atoms with Gasteiger partial charge in [0.15, 0.2) is 0 Å². The molecule has 138 valence electrons. The highest BCUT2D eigenvalue weighted by Gasteiger charge is 2.16. The lowest BCUT2D eigenvalue weighted by Gasteiger charge is -2.11. The zero-order valence-corrected chi connectivity index (χ0v) is 15.3. The number of amides is 1. The molecule has 1 amide bonds. The van der Waals surface area contributed by atoms with Gasteiger partial charge in [-0.15, -0.1) is 0 Å². The molecule has 0 aliphatic rings. The van der Waals surface area contributed by atoms with Crippen molar-refractivity contribution >= 4 is 27.3 Å². The fraction of sp³-hybridized carbons (Fsp3) is 0.0500. The average molecular weight is 384 g/mol. The summed E-state index contributed by atoms with van der Waals surface area (Å²) in [5.74, 6) is -1.24. The van der Waals surface area contributed by atoms with Crippen LogP contribution in [0.1, 0.15) is 15.9 Å². The van der Waals surface area contributed by atoms with E-state index in [0.717, 1.165) is 5.56 Å². The van der Waals surface area contributed by atoms with Gasteiger partial charge in [0.25, 0.3) is 15.9 Å². The second-order valence-electron chi connectivity index (χ2n) is 5.88. The molecular weight excluding hydrogens is 367 g/mol. The molecule has 0 saturated carbocycles. The van der Waals surface area contributed by atoms with Gasteiger partial charge >= 0.3 is 0 Å². The first-order chi connectivity index (χ1) is 12.9. The van der Waals surface area contributed by atoms with Gasteiger partial charge in [0.1, 0.15) is 5.82 Å². The molecule has 0 aliphatic carbocycles. The van der Waals surface area contributed by atoms with Gasteiger partial charge in [0, 0.05) is 5.69 Å². The first kappa shape index (κ1) is 18.6. The van der Waals surface area contributed by atoms with Crippen LogP contribution in [0.2, 0.25) is 0 Å². The van der Waals surface area contributed by atoms with Crippen molar-refractivity contribution in [1.29, 1.82) is 0 Å². The van der Waals surface area contributed by atoms with Crippen molar-refractivity contribution in [2.24, 2.45) is 0 Å². The standard InChI is InChI=1S/C20H17FN2O3S/c1-14-6-2-5-9-19(14)23-27(25,26)16-12-10-15(11-13-16)22-20(24)17-7-3-4-8-18(17)21/h2-13,23H,1H3,(H,22,24). The number of carbonyl (C=O) groups excluding carboxylic acids is 1. The summed E-state index contributed by atoms with van der Waals surface area (Å²) in [7, 11) is -3.76. The SMILES string of the molecule is Cc1ccccc1NS(=O)(=O)c1ccc(NC(=O)c2ccccc2F)cc1. The molecule has 0 radical (unpaired) electrons. The van der Waals surface area contributed by atoms with E-state index in [4.69, 9.17) is 0 Å². The number of halogens is 1. The van der Waals surface area contributed by atoms with Crippen LogP contribution in [-0.4, -0.2) is 14.3 Å². The normalized spacial score (nSPS) is 11.0. The Labute approximate surface area is 156 Å². The van der Waals surface area contributed by atoms with Crippen molar-refractivity contribution < 1.29 is 17.6 Å². The number of para-hydroxylation sites is 1. The Bertz CT molecular complexity index is 1080. The van der Waals surface area contributed by atoms with E-state index >= 15 is 0 Å². The predicted octanol–water partition coefficient (Wildman–Crippen LogP) is 4.19. The molecule has 2 N–H and O–H groups in total. The van der Waals surface area contributed by atoms with Gasteiger partial charge in [-0.1, -0.05) is 30.3 Å². The second kappa shape index (κ2) is 7.59. The van der Waals surface area contributed by atoms with Crippen molar-refractivity contribution in [2.75, 3.05) is 10.0 Å². The van der Waals surface area contributed by atoms with E-state index in [1.54, 1.807) is 31.2 Å². The van der Waals surface area contributed by atoms with Crippen LogP contribution in [0.4, 0.5) is 15.8 Å². The minimum Gasteiger partial charge on any atom is -0.322 e. The Kier molecular flexibility index (Phi) is 5.23. The number of rotatable bonds is 5. The Morgan fingerprint density at radius 2 is 1.52 bits per heavy atom. The molecule has 0 bridgehead atoms. The minimum atomic E-state index is -3.76. The molecule has 3 aromatic carbocycles. The van der Waals surface area contributed by atoms with Gasteiger partial charge in [-0.3, -0.25) is 9.52 Å². The van der Waals surface area contributed by atoms with Crippen molar-refractivity contribution in [3.05, 3.63) is 89.7 Å². The molecule has 0 spiro atoms. The number of aryl methyl sites for hydroxylation is 1. The van der Waals surface area contributed by atoms with Gasteiger partial charge in [-0.25, -0.2) is 12.8 Å². The Morgan fingerprint density at radius 1 is 0.889 bits per heavy atom. The molecule has 0 heterocycles. The van der Waals surface area contributed by atoms with Crippen LogP contribution in [0.5, 0.6) is 0 Å². The zero-order valence-electron chi connectivity index (χ0n) is 14.4. The van der Waals surface area contributed by atoms with E-state index in [1.165, 1.54) is 42.5 Å². The molecule has 3 rings (SSSR count). The number of sulfonamides is 1. The Morgan fingerprint density at radius 3 is 2.19 bits per heavy atom. The molecule has 0 saturated heterocycles. The first-order valence-corrected chi connectivity index (χ1v) is 9.59. The topological polar surface area (TPSA) is 75.3 Å². The van der Waals surface area contributed by atoms with Crippen molar-refractivity contribution in [3.63, 3.8) is 0 Å². The Hall–Kier alpha value is -3.19. The fourth-order valence-corrected chi connectivity index (χ4v) is 3.58. The number of anilines is 2. The molecule has 0 unspecified atom stereocenters. The summed E-state index contributed by atoms with van der Waals surface area (Å²) in [4.78, 5) is 12.2. The average Bonchev–Trinajstić information content (AvgIpc) is 2.64. The van der Waals surface area contributed by atoms with E-state index in [0.29, 0.717) is 11.4 Å². The molecule has 0 aliphatic heterocycles. The number of hydrogen-bond acceptors (Lipinski definition) is 3. The van der Waals surface area contributed by atoms with Crippen LogP contribution in [0.3, 0.4) is 0 Å². The van der Waals surface area contributed by atoms with E-state index in [2.05, 4.69) is 10.0 Å². The third-order valence-corrected chi connectivity index (χ3v) is 5.31. The molecule has 0 atom stereocenters. The number of carbonyl (C=O) groups is 1. The maximum Gasteiger partial charge on any atom is 0.261 e. The molecule has 0 aromatic heterocycles. The monoisotopic (exact) mass is 384 g/mol. The van der Waals surface area contributed by atoms with Crippen LogP contribution in [0.15, 0.2) is 77.7 Å². The molecule has 27 heavy (non-hydrogen) atoms. The van der Waals surface area contributed by atoms with Crippen LogP contribution in [-0.2, 0) is 10.0 Å². The molecule has 7 heteroatoms. The van der Waals surface area contributed by atoms with Crippen molar-refractivity contribution in [1.82, 2.24) is 0 Å². The van der Waals surface area contributed by atoms with Crippen LogP contribution < -0.4 is 10.0 Å². The minimum absolute atomic E-state index is 0.0506. The maximum atomic E-state index is 13.7. The van der Waals surface area contributed by atoms with Gasteiger partial charge in [-0.05, 0) is 55.0 Å². The van der Waals surface area contributed by atoms with E-state index in [1.807, 2.05) is 6.07 Å². The lowest BCUT2D eigenvalue weighted by atomic mass is 10.2. The first-order valence-electron chi connectivity index (χ1n) is 8.11. The van der Waals surface area contributed by atoms with Gasteiger partial charge in [0.2, 0.25) is 0 Å². The highest BCUT2D eigenvalue weighted by atomic mass is 32.2. The smallest absolute Gasteiger partial charge is 0.261 e. The van der Waals surface area contributed by atoms with Crippen molar-refractivity contribution in [3.8, 4) is 0 Å².